The first-order valence-corrected chi connectivity index (χ1v) is 15.2. The molecular weight excluding hydrogens is 646 g/mol. The molecule has 6 aromatic rings. The van der Waals surface area contributed by atoms with Crippen molar-refractivity contribution in [2.45, 2.75) is 17.2 Å². The maximum Gasteiger partial charge on any atom is 0.429 e. The minimum atomic E-state index is -4.89. The summed E-state index contributed by atoms with van der Waals surface area (Å²) in [6.45, 7) is 0. The lowest BCUT2D eigenvalue weighted by atomic mass is 9.93. The third kappa shape index (κ3) is 5.25. The summed E-state index contributed by atoms with van der Waals surface area (Å²) in [5.41, 5.74) is -0.475. The molecule has 43 heavy (non-hydrogen) atoms. The summed E-state index contributed by atoms with van der Waals surface area (Å²) < 4.78 is 84.3. The summed E-state index contributed by atoms with van der Waals surface area (Å²) in [5, 5.41) is 3.47. The molecule has 0 fully saturated rings. The van der Waals surface area contributed by atoms with Crippen molar-refractivity contribution in [3.63, 3.8) is 0 Å². The summed E-state index contributed by atoms with van der Waals surface area (Å²) in [4.78, 5) is -0.363. The topological polar surface area (TPSA) is 64.6 Å². The van der Waals surface area contributed by atoms with E-state index in [-0.39, 0.29) is 42.3 Å². The highest BCUT2D eigenvalue weighted by Gasteiger charge is 2.44. The highest BCUT2D eigenvalue weighted by molar-refractivity contribution is 7.92. The van der Waals surface area contributed by atoms with Gasteiger partial charge in [0, 0.05) is 26.7 Å². The van der Waals surface area contributed by atoms with E-state index >= 15 is 0 Å². The Morgan fingerprint density at radius 3 is 2.16 bits per heavy atom. The van der Waals surface area contributed by atoms with Crippen LogP contribution in [0.15, 0.2) is 89.8 Å². The van der Waals surface area contributed by atoms with Gasteiger partial charge in [-0.15, -0.1) is 0 Å². The van der Waals surface area contributed by atoms with E-state index in [0.717, 1.165) is 5.39 Å². The van der Waals surface area contributed by atoms with Crippen LogP contribution in [-0.2, 0) is 10.0 Å². The highest BCUT2D eigenvalue weighted by Crippen LogP contribution is 2.49. The standard InChI is InChI=1S/C31H19Cl3F3NO4S/c1-41-19-12-10-17(11-13-19)30(31(35,36)37)42-29-21-15-23(33)20-5-2-4-16-8-9-18(27(21)26(16)20)14-24(29)38-43(39,40)25-7-3-6-22(32)28(25)34/h2-15,30,38H,1H3. The molecule has 6 rings (SSSR count). The number of anilines is 1. The van der Waals surface area contributed by atoms with Crippen LogP contribution in [0.2, 0.25) is 15.1 Å². The van der Waals surface area contributed by atoms with E-state index in [1.54, 1.807) is 12.1 Å². The molecule has 0 spiro atoms. The Balaban J connectivity index is 1.63. The third-order valence-corrected chi connectivity index (χ3v) is 9.72. The summed E-state index contributed by atoms with van der Waals surface area (Å²) in [5.74, 6) is -0.0152. The van der Waals surface area contributed by atoms with E-state index in [9.17, 15) is 21.6 Å². The molecule has 0 aromatic heterocycles. The zero-order valence-electron chi connectivity index (χ0n) is 22.0. The molecule has 220 valence electrons. The summed E-state index contributed by atoms with van der Waals surface area (Å²) in [7, 11) is -3.07. The van der Waals surface area contributed by atoms with Gasteiger partial charge in [0.2, 0.25) is 6.10 Å². The summed E-state index contributed by atoms with van der Waals surface area (Å²) >= 11 is 18.9. The van der Waals surface area contributed by atoms with Crippen molar-refractivity contribution >= 4 is 82.8 Å². The Morgan fingerprint density at radius 1 is 0.791 bits per heavy atom. The lowest BCUT2D eigenvalue weighted by Gasteiger charge is -2.26. The average molecular weight is 665 g/mol. The molecule has 0 heterocycles. The minimum Gasteiger partial charge on any atom is -0.497 e. The van der Waals surface area contributed by atoms with Gasteiger partial charge in [0.1, 0.15) is 10.6 Å². The molecule has 1 N–H and O–H groups in total. The normalized spacial score (nSPS) is 13.1. The number of methoxy groups -OCH3 is 1. The van der Waals surface area contributed by atoms with E-state index in [1.165, 1.54) is 61.7 Å². The van der Waals surface area contributed by atoms with Gasteiger partial charge in [-0.2, -0.15) is 13.2 Å². The van der Waals surface area contributed by atoms with E-state index in [0.29, 0.717) is 27.3 Å². The molecule has 0 amide bonds. The number of rotatable bonds is 7. The number of hydrogen-bond acceptors (Lipinski definition) is 4. The quantitative estimate of drug-likeness (QED) is 0.173. The van der Waals surface area contributed by atoms with E-state index in [1.807, 2.05) is 18.2 Å². The maximum absolute atomic E-state index is 14.6. The molecule has 1 unspecified atom stereocenters. The van der Waals surface area contributed by atoms with Crippen LogP contribution in [-0.4, -0.2) is 21.7 Å². The molecule has 6 aromatic carbocycles. The highest BCUT2D eigenvalue weighted by atomic mass is 35.5. The predicted octanol–water partition coefficient (Wildman–Crippen LogP) is 10.0. The Bertz CT molecular complexity index is 2120. The van der Waals surface area contributed by atoms with Crippen LogP contribution in [0, 0.1) is 0 Å². The van der Waals surface area contributed by atoms with Gasteiger partial charge >= 0.3 is 6.18 Å². The smallest absolute Gasteiger partial charge is 0.429 e. The maximum atomic E-state index is 14.6. The van der Waals surface area contributed by atoms with Gasteiger partial charge in [0.05, 0.1) is 22.8 Å². The van der Waals surface area contributed by atoms with Gasteiger partial charge in [-0.05, 0) is 52.6 Å². The van der Waals surface area contributed by atoms with Gasteiger partial charge in [-0.1, -0.05) is 83.3 Å². The monoisotopic (exact) mass is 663 g/mol. The second-order valence-electron chi connectivity index (χ2n) is 9.70. The van der Waals surface area contributed by atoms with Crippen LogP contribution in [0.3, 0.4) is 0 Å². The van der Waals surface area contributed by atoms with E-state index in [2.05, 4.69) is 4.72 Å². The van der Waals surface area contributed by atoms with Gasteiger partial charge < -0.3 is 9.47 Å². The SMILES string of the molecule is COc1ccc(C(Oc2c(NS(=O)(=O)c3cccc(Cl)c3Cl)cc3ccc4cccc5c(Cl)cc2c3c45)C(F)(F)F)cc1. The van der Waals surface area contributed by atoms with Crippen LogP contribution < -0.4 is 14.2 Å². The van der Waals surface area contributed by atoms with E-state index < -0.39 is 22.3 Å². The number of sulfonamides is 1. The molecule has 0 bridgehead atoms. The Labute approximate surface area is 259 Å². The molecule has 0 aliphatic heterocycles. The minimum absolute atomic E-state index is 0.0139. The van der Waals surface area contributed by atoms with Crippen molar-refractivity contribution in [3.8, 4) is 11.5 Å². The lowest BCUT2D eigenvalue weighted by Crippen LogP contribution is -2.27. The van der Waals surface area contributed by atoms with Crippen molar-refractivity contribution in [2.24, 2.45) is 0 Å². The number of ether oxygens (including phenoxy) is 2. The van der Waals surface area contributed by atoms with Crippen LogP contribution in [0.1, 0.15) is 11.7 Å². The van der Waals surface area contributed by atoms with Crippen LogP contribution in [0.4, 0.5) is 18.9 Å². The van der Waals surface area contributed by atoms with Gasteiger partial charge in [0.25, 0.3) is 10.0 Å². The number of nitrogens with one attached hydrogen (secondary N) is 1. The fourth-order valence-electron chi connectivity index (χ4n) is 5.14. The molecular formula is C31H19Cl3F3NO4S. The molecule has 0 saturated carbocycles. The van der Waals surface area contributed by atoms with Crippen LogP contribution in [0.25, 0.3) is 32.3 Å². The predicted molar refractivity (Wildman–Crippen MR) is 165 cm³/mol. The third-order valence-electron chi connectivity index (χ3n) is 7.07. The lowest BCUT2D eigenvalue weighted by molar-refractivity contribution is -0.197. The molecule has 0 aliphatic carbocycles. The van der Waals surface area contributed by atoms with Crippen LogP contribution >= 0.6 is 34.8 Å². The average Bonchev–Trinajstić information content (AvgIpc) is 2.96. The molecule has 0 radical (unpaired) electrons. The summed E-state index contributed by atoms with van der Waals surface area (Å²) in [6.07, 6.45) is -7.37. The van der Waals surface area contributed by atoms with Crippen LogP contribution in [0.5, 0.6) is 11.5 Å². The molecule has 1 atom stereocenters. The van der Waals surface area contributed by atoms with Gasteiger partial charge in [-0.3, -0.25) is 4.72 Å². The van der Waals surface area contributed by atoms with Crippen molar-refractivity contribution in [3.05, 3.63) is 106 Å². The van der Waals surface area contributed by atoms with Gasteiger partial charge in [-0.25, -0.2) is 8.42 Å². The first kappa shape index (κ1) is 29.4. The van der Waals surface area contributed by atoms with Crippen molar-refractivity contribution < 1.29 is 31.1 Å². The zero-order chi connectivity index (χ0) is 30.7. The zero-order valence-corrected chi connectivity index (χ0v) is 25.1. The summed E-state index contributed by atoms with van der Waals surface area (Å²) in [6, 6.07) is 21.2. The Hall–Kier alpha value is -3.63. The molecule has 12 heteroatoms. The molecule has 5 nitrogen and oxygen atoms in total. The molecule has 0 saturated heterocycles. The number of benzene rings is 6. The van der Waals surface area contributed by atoms with Crippen molar-refractivity contribution in [1.29, 1.82) is 0 Å². The first-order chi connectivity index (χ1) is 20.4. The Morgan fingerprint density at radius 2 is 1.47 bits per heavy atom. The second-order valence-corrected chi connectivity index (χ2v) is 12.5. The first-order valence-electron chi connectivity index (χ1n) is 12.6. The van der Waals surface area contributed by atoms with Crippen molar-refractivity contribution in [1.82, 2.24) is 0 Å². The number of hydrogen-bond donors (Lipinski definition) is 1. The van der Waals surface area contributed by atoms with E-state index in [4.69, 9.17) is 44.3 Å². The largest absolute Gasteiger partial charge is 0.497 e. The second kappa shape index (κ2) is 10.8. The number of alkyl halides is 3. The van der Waals surface area contributed by atoms with Crippen molar-refractivity contribution in [2.75, 3.05) is 11.8 Å². The van der Waals surface area contributed by atoms with Gasteiger partial charge in [0.15, 0.2) is 5.75 Å². The number of halogens is 6. The fraction of sp³-hybridized carbons (Fsp3) is 0.0968. The fourth-order valence-corrected chi connectivity index (χ4v) is 7.22. The molecule has 0 aliphatic rings. The Kier molecular flexibility index (Phi) is 7.41.